The Morgan fingerprint density at radius 1 is 1.36 bits per heavy atom. The summed E-state index contributed by atoms with van der Waals surface area (Å²) in [6, 6.07) is 7.67. The van der Waals surface area contributed by atoms with Crippen molar-refractivity contribution in [2.45, 2.75) is 0 Å². The van der Waals surface area contributed by atoms with Gasteiger partial charge >= 0.3 is 0 Å². The van der Waals surface area contributed by atoms with Gasteiger partial charge in [-0.25, -0.2) is 0 Å². The van der Waals surface area contributed by atoms with E-state index in [0.29, 0.717) is 5.69 Å². The maximum Gasteiger partial charge on any atom is 0.166 e. The van der Waals surface area contributed by atoms with Crippen LogP contribution in [0.4, 0.5) is 0 Å². The summed E-state index contributed by atoms with van der Waals surface area (Å²) in [4.78, 5) is 13.4. The van der Waals surface area contributed by atoms with Gasteiger partial charge in [-0.2, -0.15) is 0 Å². The zero-order valence-corrected chi connectivity index (χ0v) is 9.21. The van der Waals surface area contributed by atoms with Crippen LogP contribution in [0.15, 0.2) is 28.7 Å². The van der Waals surface area contributed by atoms with Crippen LogP contribution in [0.1, 0.15) is 10.5 Å². The van der Waals surface area contributed by atoms with Crippen molar-refractivity contribution < 1.29 is 9.90 Å². The van der Waals surface area contributed by atoms with Gasteiger partial charge in [0.15, 0.2) is 6.29 Å². The molecule has 0 fully saturated rings. The van der Waals surface area contributed by atoms with E-state index < -0.39 is 0 Å². The molecule has 4 heteroatoms. The molecule has 0 aliphatic carbocycles. The van der Waals surface area contributed by atoms with E-state index in [1.165, 1.54) is 0 Å². The molecular formula is C10H10BrNO2. The Balaban J connectivity index is 0.000000461. The van der Waals surface area contributed by atoms with Crippen molar-refractivity contribution in [3.63, 3.8) is 0 Å². The molecule has 74 valence electrons. The van der Waals surface area contributed by atoms with Crippen LogP contribution in [0.5, 0.6) is 0 Å². The zero-order valence-electron chi connectivity index (χ0n) is 7.62. The molecule has 0 saturated carbocycles. The van der Waals surface area contributed by atoms with E-state index in [0.717, 1.165) is 28.8 Å². The van der Waals surface area contributed by atoms with Crippen molar-refractivity contribution in [1.82, 2.24) is 4.98 Å². The molecule has 0 aliphatic heterocycles. The third-order valence-electron chi connectivity index (χ3n) is 1.73. The van der Waals surface area contributed by atoms with E-state index in [1.807, 2.05) is 24.3 Å². The molecule has 1 heterocycles. The topological polar surface area (TPSA) is 53.1 Å². The third kappa shape index (κ3) is 2.21. The molecule has 2 rings (SSSR count). The van der Waals surface area contributed by atoms with Crippen LogP contribution in [0, 0.1) is 0 Å². The van der Waals surface area contributed by atoms with Crippen molar-refractivity contribution in [3.8, 4) is 0 Å². The van der Waals surface area contributed by atoms with Gasteiger partial charge in [0, 0.05) is 22.5 Å². The van der Waals surface area contributed by atoms with Crippen LogP contribution in [0.3, 0.4) is 0 Å². The SMILES string of the molecule is CO.O=Cc1cc2cc(Br)ccc2[nH]1. The molecule has 0 amide bonds. The number of carbonyl (C=O) groups is 1. The Labute approximate surface area is 89.9 Å². The molecule has 0 aliphatic rings. The lowest BCUT2D eigenvalue weighted by Crippen LogP contribution is -1.74. The van der Waals surface area contributed by atoms with Gasteiger partial charge in [-0.05, 0) is 24.3 Å². The van der Waals surface area contributed by atoms with Crippen LogP contribution < -0.4 is 0 Å². The molecule has 0 atom stereocenters. The van der Waals surface area contributed by atoms with E-state index >= 15 is 0 Å². The summed E-state index contributed by atoms with van der Waals surface area (Å²) in [5.41, 5.74) is 1.60. The van der Waals surface area contributed by atoms with Crippen molar-refractivity contribution >= 4 is 33.1 Å². The highest BCUT2D eigenvalue weighted by molar-refractivity contribution is 9.10. The highest BCUT2D eigenvalue weighted by Crippen LogP contribution is 2.19. The second-order valence-electron chi connectivity index (χ2n) is 2.57. The summed E-state index contributed by atoms with van der Waals surface area (Å²) in [7, 11) is 1.00. The number of H-pyrrole nitrogens is 1. The molecule has 0 radical (unpaired) electrons. The van der Waals surface area contributed by atoms with Crippen molar-refractivity contribution in [2.24, 2.45) is 0 Å². The first kappa shape index (κ1) is 10.9. The smallest absolute Gasteiger partial charge is 0.166 e. The number of aromatic nitrogens is 1. The highest BCUT2D eigenvalue weighted by Gasteiger charge is 1.98. The average molecular weight is 256 g/mol. The molecule has 1 aromatic carbocycles. The first-order valence-corrected chi connectivity index (χ1v) is 4.77. The number of nitrogens with one attached hydrogen (secondary N) is 1. The molecule has 1 aromatic heterocycles. The standard InChI is InChI=1S/C9H6BrNO.CH4O/c10-7-1-2-9-6(3-7)4-8(5-12)11-9;1-2/h1-5,11H;2H,1H3. The van der Waals surface area contributed by atoms with Crippen molar-refractivity contribution in [1.29, 1.82) is 0 Å². The Bertz CT molecular complexity index is 437. The molecule has 0 saturated heterocycles. The van der Waals surface area contributed by atoms with Gasteiger partial charge in [0.05, 0.1) is 5.69 Å². The minimum Gasteiger partial charge on any atom is -0.400 e. The molecule has 2 aromatic rings. The molecule has 3 nitrogen and oxygen atoms in total. The lowest BCUT2D eigenvalue weighted by molar-refractivity contribution is 0.112. The lowest BCUT2D eigenvalue weighted by atomic mass is 10.2. The number of hydrogen-bond donors (Lipinski definition) is 2. The fraction of sp³-hybridized carbons (Fsp3) is 0.100. The number of rotatable bonds is 1. The summed E-state index contributed by atoms with van der Waals surface area (Å²) >= 11 is 3.36. The summed E-state index contributed by atoms with van der Waals surface area (Å²) < 4.78 is 1.02. The van der Waals surface area contributed by atoms with E-state index in [9.17, 15) is 4.79 Å². The number of aliphatic hydroxyl groups excluding tert-OH is 1. The third-order valence-corrected chi connectivity index (χ3v) is 2.22. The van der Waals surface area contributed by atoms with Gasteiger partial charge in [-0.1, -0.05) is 15.9 Å². The number of benzene rings is 1. The van der Waals surface area contributed by atoms with E-state index in [-0.39, 0.29) is 0 Å². The molecular weight excluding hydrogens is 246 g/mol. The summed E-state index contributed by atoms with van der Waals surface area (Å²) in [5.74, 6) is 0. The minimum absolute atomic E-state index is 0.614. The van der Waals surface area contributed by atoms with Crippen LogP contribution in [-0.4, -0.2) is 23.5 Å². The number of aliphatic hydroxyl groups is 1. The van der Waals surface area contributed by atoms with Gasteiger partial charge in [0.25, 0.3) is 0 Å². The minimum atomic E-state index is 0.614. The van der Waals surface area contributed by atoms with Crippen LogP contribution >= 0.6 is 15.9 Å². The Morgan fingerprint density at radius 2 is 2.07 bits per heavy atom. The highest BCUT2D eigenvalue weighted by atomic mass is 79.9. The van der Waals surface area contributed by atoms with Gasteiger partial charge in [0.1, 0.15) is 0 Å². The number of hydrogen-bond acceptors (Lipinski definition) is 2. The Hall–Kier alpha value is -1.13. The van der Waals surface area contributed by atoms with Crippen LogP contribution in [-0.2, 0) is 0 Å². The number of carbonyl (C=O) groups excluding carboxylic acids is 1. The van der Waals surface area contributed by atoms with Gasteiger partial charge in [-0.3, -0.25) is 4.79 Å². The van der Waals surface area contributed by atoms with Crippen molar-refractivity contribution in [2.75, 3.05) is 7.11 Å². The zero-order chi connectivity index (χ0) is 10.6. The molecule has 2 N–H and O–H groups in total. The first-order chi connectivity index (χ1) is 6.79. The molecule has 0 unspecified atom stereocenters. The predicted molar refractivity (Wildman–Crippen MR) is 59.5 cm³/mol. The molecule has 0 bridgehead atoms. The summed E-state index contributed by atoms with van der Waals surface area (Å²) in [6.45, 7) is 0. The van der Waals surface area contributed by atoms with Crippen LogP contribution in [0.2, 0.25) is 0 Å². The van der Waals surface area contributed by atoms with Gasteiger partial charge in [0.2, 0.25) is 0 Å². The largest absolute Gasteiger partial charge is 0.400 e. The lowest BCUT2D eigenvalue weighted by Gasteiger charge is -1.88. The Kier molecular flexibility index (Phi) is 3.85. The monoisotopic (exact) mass is 255 g/mol. The maximum atomic E-state index is 10.4. The number of aromatic amines is 1. The van der Waals surface area contributed by atoms with Crippen LogP contribution in [0.25, 0.3) is 10.9 Å². The number of halogens is 1. The fourth-order valence-corrected chi connectivity index (χ4v) is 1.57. The van der Waals surface area contributed by atoms with Gasteiger partial charge in [-0.15, -0.1) is 0 Å². The van der Waals surface area contributed by atoms with Crippen molar-refractivity contribution in [3.05, 3.63) is 34.4 Å². The summed E-state index contributed by atoms with van der Waals surface area (Å²) in [6.07, 6.45) is 0.813. The number of fused-ring (bicyclic) bond motifs is 1. The molecule has 0 spiro atoms. The Morgan fingerprint density at radius 3 is 2.71 bits per heavy atom. The quantitative estimate of drug-likeness (QED) is 0.769. The number of aldehydes is 1. The summed E-state index contributed by atoms with van der Waals surface area (Å²) in [5, 5.41) is 8.05. The van der Waals surface area contributed by atoms with E-state index in [2.05, 4.69) is 20.9 Å². The second-order valence-corrected chi connectivity index (χ2v) is 3.49. The first-order valence-electron chi connectivity index (χ1n) is 3.98. The predicted octanol–water partition coefficient (Wildman–Crippen LogP) is 2.35. The maximum absolute atomic E-state index is 10.4. The molecule has 14 heavy (non-hydrogen) atoms. The van der Waals surface area contributed by atoms with E-state index in [1.54, 1.807) is 0 Å². The fourth-order valence-electron chi connectivity index (χ4n) is 1.19. The van der Waals surface area contributed by atoms with Gasteiger partial charge < -0.3 is 10.1 Å². The van der Waals surface area contributed by atoms with E-state index in [4.69, 9.17) is 5.11 Å². The normalized spacial score (nSPS) is 9.36. The second kappa shape index (κ2) is 4.93. The average Bonchev–Trinajstić information content (AvgIpc) is 2.62.